The quantitative estimate of drug-likeness (QED) is 0.694. The zero-order chi connectivity index (χ0) is 11.4. The van der Waals surface area contributed by atoms with E-state index in [4.69, 9.17) is 0 Å². The molecule has 0 rings (SSSR count). The van der Waals surface area contributed by atoms with Crippen LogP contribution >= 0.6 is 0 Å². The molecule has 0 radical (unpaired) electrons. The van der Waals surface area contributed by atoms with Crippen molar-refractivity contribution in [2.75, 3.05) is 13.7 Å². The van der Waals surface area contributed by atoms with E-state index in [-0.39, 0.29) is 13.0 Å². The van der Waals surface area contributed by atoms with Crippen molar-refractivity contribution in [1.82, 2.24) is 4.72 Å². The van der Waals surface area contributed by atoms with Crippen molar-refractivity contribution in [2.45, 2.75) is 31.9 Å². The van der Waals surface area contributed by atoms with Gasteiger partial charge in [0.25, 0.3) is 0 Å². The maximum absolute atomic E-state index is 11.5. The number of sulfonamides is 1. The molecule has 0 aromatic carbocycles. The predicted octanol–water partition coefficient (Wildman–Crippen LogP) is 0.267. The lowest BCUT2D eigenvalue weighted by molar-refractivity contribution is -0.140. The van der Waals surface area contributed by atoms with E-state index in [0.29, 0.717) is 0 Å². The van der Waals surface area contributed by atoms with E-state index in [1.807, 2.05) is 0 Å². The van der Waals surface area contributed by atoms with Crippen LogP contribution in [0, 0.1) is 0 Å². The van der Waals surface area contributed by atoms with E-state index in [9.17, 15) is 13.2 Å². The number of nitrogens with one attached hydrogen (secondary N) is 1. The molecule has 0 saturated carbocycles. The zero-order valence-electron chi connectivity index (χ0n) is 8.96. The molecule has 0 atom stereocenters. The third-order valence-corrected chi connectivity index (χ3v) is 3.85. The first kappa shape index (κ1) is 13.4. The standard InChI is InChI=1S/C8H17NO4S/c1-8(2,3)14(11,12)9-6-5-7(10)13-4/h9H,5-6H2,1-4H3. The molecule has 0 aromatic heterocycles. The van der Waals surface area contributed by atoms with Crippen LogP contribution in [0.4, 0.5) is 0 Å². The van der Waals surface area contributed by atoms with Crippen LogP contribution in [0.5, 0.6) is 0 Å². The van der Waals surface area contributed by atoms with Crippen LogP contribution in [0.3, 0.4) is 0 Å². The van der Waals surface area contributed by atoms with Gasteiger partial charge in [-0.15, -0.1) is 0 Å². The molecule has 0 aromatic rings. The van der Waals surface area contributed by atoms with E-state index in [2.05, 4.69) is 9.46 Å². The van der Waals surface area contributed by atoms with Gasteiger partial charge in [0.1, 0.15) is 0 Å². The van der Waals surface area contributed by atoms with Gasteiger partial charge in [-0.25, -0.2) is 13.1 Å². The van der Waals surface area contributed by atoms with Crippen molar-refractivity contribution in [3.63, 3.8) is 0 Å². The predicted molar refractivity (Wildman–Crippen MR) is 53.3 cm³/mol. The maximum atomic E-state index is 11.5. The van der Waals surface area contributed by atoms with Crippen LogP contribution in [-0.4, -0.2) is 32.8 Å². The number of carbonyl (C=O) groups excluding carboxylic acids is 1. The molecule has 1 N–H and O–H groups in total. The molecule has 0 aliphatic heterocycles. The maximum Gasteiger partial charge on any atom is 0.306 e. The molecule has 0 fully saturated rings. The molecule has 0 aliphatic carbocycles. The molecule has 0 spiro atoms. The third-order valence-electron chi connectivity index (χ3n) is 1.66. The van der Waals surface area contributed by atoms with E-state index in [1.54, 1.807) is 20.8 Å². The summed E-state index contributed by atoms with van der Waals surface area (Å²) in [7, 11) is -2.09. The van der Waals surface area contributed by atoms with Crippen molar-refractivity contribution in [3.8, 4) is 0 Å². The third kappa shape index (κ3) is 4.06. The molecule has 0 amide bonds. The fourth-order valence-electron chi connectivity index (χ4n) is 0.606. The zero-order valence-corrected chi connectivity index (χ0v) is 9.77. The molecule has 0 heterocycles. The summed E-state index contributed by atoms with van der Waals surface area (Å²) in [5.74, 6) is -0.429. The summed E-state index contributed by atoms with van der Waals surface area (Å²) < 4.78 is 28.8. The number of carbonyl (C=O) groups is 1. The highest BCUT2D eigenvalue weighted by molar-refractivity contribution is 7.90. The Bertz CT molecular complexity index is 289. The Morgan fingerprint density at radius 2 is 1.86 bits per heavy atom. The van der Waals surface area contributed by atoms with Crippen LogP contribution in [0.25, 0.3) is 0 Å². The highest BCUT2D eigenvalue weighted by atomic mass is 32.2. The lowest BCUT2D eigenvalue weighted by atomic mass is 10.3. The molecule has 6 heteroatoms. The second-order valence-electron chi connectivity index (χ2n) is 3.84. The fraction of sp³-hybridized carbons (Fsp3) is 0.875. The summed E-state index contributed by atoms with van der Waals surface area (Å²) in [6.45, 7) is 4.85. The normalized spacial score (nSPS) is 12.6. The van der Waals surface area contributed by atoms with Gasteiger partial charge >= 0.3 is 5.97 Å². The molecule has 5 nitrogen and oxygen atoms in total. The summed E-state index contributed by atoms with van der Waals surface area (Å²) in [4.78, 5) is 10.7. The summed E-state index contributed by atoms with van der Waals surface area (Å²) in [6, 6.07) is 0. The molecular formula is C8H17NO4S. The molecule has 84 valence electrons. The summed E-state index contributed by atoms with van der Waals surface area (Å²) >= 11 is 0. The van der Waals surface area contributed by atoms with Gasteiger partial charge in [0.05, 0.1) is 18.3 Å². The van der Waals surface area contributed by atoms with Crippen LogP contribution in [0.15, 0.2) is 0 Å². The number of hydrogen-bond acceptors (Lipinski definition) is 4. The van der Waals surface area contributed by atoms with E-state index < -0.39 is 20.7 Å². The molecule has 0 saturated heterocycles. The summed E-state index contributed by atoms with van der Waals surface area (Å²) in [6.07, 6.45) is 0.0474. The first-order valence-corrected chi connectivity index (χ1v) is 5.75. The van der Waals surface area contributed by atoms with E-state index in [1.165, 1.54) is 7.11 Å². The minimum Gasteiger partial charge on any atom is -0.469 e. The van der Waals surface area contributed by atoms with Crippen molar-refractivity contribution in [2.24, 2.45) is 0 Å². The highest BCUT2D eigenvalue weighted by Gasteiger charge is 2.28. The average molecular weight is 223 g/mol. The van der Waals surface area contributed by atoms with Gasteiger partial charge < -0.3 is 4.74 Å². The molecule has 14 heavy (non-hydrogen) atoms. The van der Waals surface area contributed by atoms with Crippen molar-refractivity contribution < 1.29 is 17.9 Å². The SMILES string of the molecule is COC(=O)CCNS(=O)(=O)C(C)(C)C. The Hall–Kier alpha value is -0.620. The Balaban J connectivity index is 4.10. The second kappa shape index (κ2) is 4.75. The summed E-state index contributed by atoms with van der Waals surface area (Å²) in [5.41, 5.74) is 0. The number of methoxy groups -OCH3 is 1. The van der Waals surface area contributed by atoms with Gasteiger partial charge in [-0.3, -0.25) is 4.79 Å². The highest BCUT2D eigenvalue weighted by Crippen LogP contribution is 2.12. The van der Waals surface area contributed by atoms with Gasteiger partial charge in [-0.2, -0.15) is 0 Å². The molecular weight excluding hydrogens is 206 g/mol. The second-order valence-corrected chi connectivity index (χ2v) is 6.36. The van der Waals surface area contributed by atoms with Crippen molar-refractivity contribution in [1.29, 1.82) is 0 Å². The lowest BCUT2D eigenvalue weighted by Gasteiger charge is -2.19. The molecule has 0 aliphatic rings. The lowest BCUT2D eigenvalue weighted by Crippen LogP contribution is -2.40. The number of hydrogen-bond donors (Lipinski definition) is 1. The van der Waals surface area contributed by atoms with Crippen molar-refractivity contribution in [3.05, 3.63) is 0 Å². The van der Waals surface area contributed by atoms with Gasteiger partial charge in [0.2, 0.25) is 10.0 Å². The van der Waals surface area contributed by atoms with Crippen LogP contribution < -0.4 is 4.72 Å². The number of rotatable bonds is 4. The first-order chi connectivity index (χ1) is 6.20. The molecule has 0 bridgehead atoms. The van der Waals surface area contributed by atoms with Crippen molar-refractivity contribution >= 4 is 16.0 Å². The smallest absolute Gasteiger partial charge is 0.306 e. The van der Waals surface area contributed by atoms with Gasteiger partial charge in [-0.1, -0.05) is 0 Å². The monoisotopic (exact) mass is 223 g/mol. The average Bonchev–Trinajstić information content (AvgIpc) is 2.01. The van der Waals surface area contributed by atoms with Crippen LogP contribution in [0.1, 0.15) is 27.2 Å². The Kier molecular flexibility index (Phi) is 4.54. The Labute approximate surface area is 84.9 Å². The van der Waals surface area contributed by atoms with Gasteiger partial charge in [-0.05, 0) is 20.8 Å². The van der Waals surface area contributed by atoms with Crippen LogP contribution in [0.2, 0.25) is 0 Å². The fourth-order valence-corrected chi connectivity index (χ4v) is 1.41. The number of esters is 1. The summed E-state index contributed by atoms with van der Waals surface area (Å²) in [5, 5.41) is 0. The minimum atomic E-state index is -3.36. The Morgan fingerprint density at radius 3 is 2.21 bits per heavy atom. The van der Waals surface area contributed by atoms with Gasteiger partial charge in [0, 0.05) is 6.54 Å². The van der Waals surface area contributed by atoms with E-state index in [0.717, 1.165) is 0 Å². The van der Waals surface area contributed by atoms with Crippen LogP contribution in [-0.2, 0) is 19.6 Å². The molecule has 0 unspecified atom stereocenters. The minimum absolute atomic E-state index is 0.0474. The topological polar surface area (TPSA) is 72.5 Å². The van der Waals surface area contributed by atoms with Gasteiger partial charge in [0.15, 0.2) is 0 Å². The first-order valence-electron chi connectivity index (χ1n) is 4.27. The number of ether oxygens (including phenoxy) is 1. The largest absolute Gasteiger partial charge is 0.469 e. The Morgan fingerprint density at radius 1 is 1.36 bits per heavy atom. The van der Waals surface area contributed by atoms with E-state index >= 15 is 0 Å².